The number of aromatic nitrogens is 2. The van der Waals surface area contributed by atoms with Gasteiger partial charge in [-0.1, -0.05) is 23.7 Å². The Hall–Kier alpha value is -2.80. The summed E-state index contributed by atoms with van der Waals surface area (Å²) in [5, 5.41) is 32.3. The quantitative estimate of drug-likeness (QED) is 0.839. The lowest BCUT2D eigenvalue weighted by Crippen LogP contribution is -2.07. The number of rotatable bonds is 4. The van der Waals surface area contributed by atoms with Crippen LogP contribution in [0.15, 0.2) is 24.3 Å². The number of nitriles is 2. The number of aliphatic hydroxyl groups excluding tert-OH is 1. The van der Waals surface area contributed by atoms with Gasteiger partial charge in [-0.05, 0) is 23.8 Å². The predicted molar refractivity (Wildman–Crippen MR) is 83.4 cm³/mol. The molecule has 1 aromatic heterocycles. The molecule has 0 atom stereocenters. The summed E-state index contributed by atoms with van der Waals surface area (Å²) in [5.74, 6) is 0.129. The molecule has 22 heavy (non-hydrogen) atoms. The Labute approximate surface area is 132 Å². The SMILES string of the molecule is N#CC(=Cc1ccc(Cl)cc1)c1nn(CCO)c(N)c1C#N. The molecule has 2 aromatic rings. The molecule has 0 aliphatic rings. The zero-order valence-corrected chi connectivity index (χ0v) is 12.2. The van der Waals surface area contributed by atoms with Gasteiger partial charge in [0.1, 0.15) is 29.2 Å². The van der Waals surface area contributed by atoms with Crippen LogP contribution in [0, 0.1) is 22.7 Å². The first-order chi connectivity index (χ1) is 10.6. The Bertz CT molecular complexity index is 793. The highest BCUT2D eigenvalue weighted by atomic mass is 35.5. The lowest BCUT2D eigenvalue weighted by Gasteiger charge is -1.99. The van der Waals surface area contributed by atoms with Crippen LogP contribution in [-0.2, 0) is 6.54 Å². The summed E-state index contributed by atoms with van der Waals surface area (Å²) in [6, 6.07) is 10.9. The van der Waals surface area contributed by atoms with Gasteiger partial charge in [-0.25, -0.2) is 4.68 Å². The molecular formula is C15H12ClN5O. The van der Waals surface area contributed by atoms with Gasteiger partial charge in [-0.2, -0.15) is 15.6 Å². The minimum atomic E-state index is -0.168. The van der Waals surface area contributed by atoms with Gasteiger partial charge in [-0.3, -0.25) is 0 Å². The molecule has 7 heteroatoms. The van der Waals surface area contributed by atoms with Crippen LogP contribution < -0.4 is 5.73 Å². The van der Waals surface area contributed by atoms with E-state index < -0.39 is 0 Å². The van der Waals surface area contributed by atoms with Crippen LogP contribution >= 0.6 is 11.6 Å². The van der Waals surface area contributed by atoms with E-state index in [9.17, 15) is 10.5 Å². The van der Waals surface area contributed by atoms with Crippen molar-refractivity contribution in [1.29, 1.82) is 10.5 Å². The van der Waals surface area contributed by atoms with Crippen LogP contribution in [0.2, 0.25) is 5.02 Å². The lowest BCUT2D eigenvalue weighted by atomic mass is 10.1. The summed E-state index contributed by atoms with van der Waals surface area (Å²) in [6.07, 6.45) is 1.60. The average molecular weight is 314 g/mol. The fourth-order valence-corrected chi connectivity index (χ4v) is 2.04. The minimum absolute atomic E-state index is 0.121. The zero-order chi connectivity index (χ0) is 16.1. The molecule has 0 unspecified atom stereocenters. The number of allylic oxidation sites excluding steroid dienone is 1. The van der Waals surface area contributed by atoms with E-state index in [4.69, 9.17) is 22.4 Å². The number of hydrogen-bond donors (Lipinski definition) is 2. The number of anilines is 1. The molecule has 0 amide bonds. The third-order valence-corrected chi connectivity index (χ3v) is 3.22. The highest BCUT2D eigenvalue weighted by Crippen LogP contribution is 2.25. The highest BCUT2D eigenvalue weighted by Gasteiger charge is 2.18. The second-order valence-electron chi connectivity index (χ2n) is 4.39. The molecule has 0 saturated carbocycles. The summed E-state index contributed by atoms with van der Waals surface area (Å²) in [6.45, 7) is -0.0147. The third-order valence-electron chi connectivity index (χ3n) is 2.97. The topological polar surface area (TPSA) is 112 Å². The summed E-state index contributed by atoms with van der Waals surface area (Å²) >= 11 is 5.82. The number of nitrogens with two attached hydrogens (primary N) is 1. The molecule has 2 rings (SSSR count). The van der Waals surface area contributed by atoms with Gasteiger partial charge >= 0.3 is 0 Å². The molecule has 0 fully saturated rings. The van der Waals surface area contributed by atoms with Crippen molar-refractivity contribution >= 4 is 29.1 Å². The van der Waals surface area contributed by atoms with Crippen LogP contribution in [0.4, 0.5) is 5.82 Å². The van der Waals surface area contributed by atoms with E-state index >= 15 is 0 Å². The first-order valence-corrected chi connectivity index (χ1v) is 6.73. The Morgan fingerprint density at radius 1 is 1.36 bits per heavy atom. The van der Waals surface area contributed by atoms with Crippen molar-refractivity contribution in [1.82, 2.24) is 9.78 Å². The molecule has 0 spiro atoms. The normalized spacial score (nSPS) is 11.0. The van der Waals surface area contributed by atoms with Gasteiger partial charge in [0.25, 0.3) is 0 Å². The van der Waals surface area contributed by atoms with E-state index in [-0.39, 0.29) is 35.8 Å². The van der Waals surface area contributed by atoms with Gasteiger partial charge in [0.15, 0.2) is 0 Å². The van der Waals surface area contributed by atoms with Crippen molar-refractivity contribution in [2.75, 3.05) is 12.3 Å². The van der Waals surface area contributed by atoms with Gasteiger partial charge in [0.05, 0.1) is 18.7 Å². The minimum Gasteiger partial charge on any atom is -0.394 e. The van der Waals surface area contributed by atoms with E-state index in [0.29, 0.717) is 5.02 Å². The first kappa shape index (κ1) is 15.6. The van der Waals surface area contributed by atoms with Crippen molar-refractivity contribution in [3.8, 4) is 12.1 Å². The average Bonchev–Trinajstić information content (AvgIpc) is 2.83. The maximum absolute atomic E-state index is 9.35. The maximum atomic E-state index is 9.35. The van der Waals surface area contributed by atoms with E-state index in [2.05, 4.69) is 5.10 Å². The van der Waals surface area contributed by atoms with Crippen LogP contribution in [0.25, 0.3) is 11.6 Å². The van der Waals surface area contributed by atoms with Crippen molar-refractivity contribution in [2.45, 2.75) is 6.54 Å². The molecule has 3 N–H and O–H groups in total. The summed E-state index contributed by atoms with van der Waals surface area (Å²) in [5.41, 5.74) is 7.10. The molecule has 0 aliphatic carbocycles. The molecule has 110 valence electrons. The van der Waals surface area contributed by atoms with Crippen molar-refractivity contribution in [3.05, 3.63) is 46.1 Å². The smallest absolute Gasteiger partial charge is 0.140 e. The Kier molecular flexibility index (Phi) is 4.80. The maximum Gasteiger partial charge on any atom is 0.140 e. The molecule has 1 aromatic carbocycles. The Morgan fingerprint density at radius 2 is 2.05 bits per heavy atom. The second kappa shape index (κ2) is 6.77. The zero-order valence-electron chi connectivity index (χ0n) is 11.5. The third kappa shape index (κ3) is 3.09. The van der Waals surface area contributed by atoms with Crippen LogP contribution in [0.5, 0.6) is 0 Å². The highest BCUT2D eigenvalue weighted by molar-refractivity contribution is 6.30. The van der Waals surface area contributed by atoms with E-state index in [1.165, 1.54) is 4.68 Å². The fourth-order valence-electron chi connectivity index (χ4n) is 1.92. The summed E-state index contributed by atoms with van der Waals surface area (Å²) < 4.78 is 1.31. The molecule has 1 heterocycles. The summed E-state index contributed by atoms with van der Waals surface area (Å²) in [7, 11) is 0. The Balaban J connectivity index is 2.52. The number of hydrogen-bond acceptors (Lipinski definition) is 5. The standard InChI is InChI=1S/C15H12ClN5O/c16-12-3-1-10(2-4-12)7-11(8-17)14-13(9-18)15(19)21(20-14)5-6-22/h1-4,7,22H,5-6,19H2. The molecule has 0 radical (unpaired) electrons. The van der Waals surface area contributed by atoms with Crippen LogP contribution in [-0.4, -0.2) is 21.5 Å². The molecule has 6 nitrogen and oxygen atoms in total. The monoisotopic (exact) mass is 313 g/mol. The number of nitrogens with zero attached hydrogens (tertiary/aromatic N) is 4. The molecule has 0 bridgehead atoms. The van der Waals surface area contributed by atoms with Gasteiger partial charge < -0.3 is 10.8 Å². The van der Waals surface area contributed by atoms with Crippen molar-refractivity contribution in [3.63, 3.8) is 0 Å². The number of aliphatic hydroxyl groups is 1. The van der Waals surface area contributed by atoms with Gasteiger partial charge in [0, 0.05) is 5.02 Å². The summed E-state index contributed by atoms with van der Waals surface area (Å²) in [4.78, 5) is 0. The van der Waals surface area contributed by atoms with Crippen molar-refractivity contribution < 1.29 is 5.11 Å². The molecule has 0 aliphatic heterocycles. The first-order valence-electron chi connectivity index (χ1n) is 6.35. The van der Waals surface area contributed by atoms with E-state index in [1.807, 2.05) is 12.1 Å². The van der Waals surface area contributed by atoms with Gasteiger partial charge in [0.2, 0.25) is 0 Å². The van der Waals surface area contributed by atoms with Crippen LogP contribution in [0.1, 0.15) is 16.8 Å². The van der Waals surface area contributed by atoms with Gasteiger partial charge in [-0.15, -0.1) is 0 Å². The van der Waals surface area contributed by atoms with E-state index in [1.54, 1.807) is 30.3 Å². The predicted octanol–water partition coefficient (Wildman–Crippen LogP) is 2.05. The number of nitrogen functional groups attached to an aromatic ring is 1. The second-order valence-corrected chi connectivity index (χ2v) is 4.83. The fraction of sp³-hybridized carbons (Fsp3) is 0.133. The number of halogens is 1. The Morgan fingerprint density at radius 3 is 2.59 bits per heavy atom. The molecule has 0 saturated heterocycles. The van der Waals surface area contributed by atoms with Crippen LogP contribution in [0.3, 0.4) is 0 Å². The molecular weight excluding hydrogens is 302 g/mol. The largest absolute Gasteiger partial charge is 0.394 e. The van der Waals surface area contributed by atoms with Crippen molar-refractivity contribution in [2.24, 2.45) is 0 Å². The van der Waals surface area contributed by atoms with E-state index in [0.717, 1.165) is 5.56 Å². The lowest BCUT2D eigenvalue weighted by molar-refractivity contribution is 0.270. The number of benzene rings is 1.